The summed E-state index contributed by atoms with van der Waals surface area (Å²) in [4.78, 5) is 37.2. The molecule has 2 atom stereocenters. The number of esters is 2. The Balaban J connectivity index is 4.18. The van der Waals surface area contributed by atoms with E-state index in [0.717, 1.165) is 89.9 Å². The van der Waals surface area contributed by atoms with Crippen LogP contribution in [-0.2, 0) is 33.3 Å². The molecule has 0 aromatic carbocycles. The van der Waals surface area contributed by atoms with Crippen LogP contribution in [0.2, 0.25) is 0 Å². The summed E-state index contributed by atoms with van der Waals surface area (Å²) in [5.74, 6) is -2.28. The zero-order valence-corrected chi connectivity index (χ0v) is 47.0. The minimum atomic E-state index is -1.62. The minimum absolute atomic E-state index is 0.145. The number of hydrogen-bond acceptors (Lipinski definition) is 8. The lowest BCUT2D eigenvalue weighted by atomic mass is 10.0. The van der Waals surface area contributed by atoms with Gasteiger partial charge in [-0.2, -0.15) is 0 Å². The standard InChI is InChI=1S/C63H109NO8/c1-6-8-10-12-14-16-18-20-22-23-24-25-26-27-28-29-30-31-32-33-34-35-36-37-38-39-40-42-44-46-48-50-52-54-61(66)72-59(58-71-63(62(67)68)69-56-55-64(3,4)5)57-70-60(65)53-51-49-47-45-43-41-21-19-17-15-13-11-9-7-2/h8,10,14,16,20,22,24-25,27-28,30-31,33-34,59,63H,6-7,9,11-13,15,17-19,21,23,26,29,32,35-58H2,1-5H3/b10-8-,16-14-,22-20-,25-24-,28-27-,31-30-,34-33-. The first-order valence-corrected chi connectivity index (χ1v) is 29.2. The Labute approximate surface area is 442 Å². The Morgan fingerprint density at radius 3 is 1.18 bits per heavy atom. The maximum Gasteiger partial charge on any atom is 0.306 e. The lowest BCUT2D eigenvalue weighted by Crippen LogP contribution is -2.44. The molecule has 0 N–H and O–H groups in total. The first kappa shape index (κ1) is 68.5. The Morgan fingerprint density at radius 2 is 0.792 bits per heavy atom. The second-order valence-electron chi connectivity index (χ2n) is 20.6. The molecule has 0 rings (SSSR count). The maximum absolute atomic E-state index is 12.9. The highest BCUT2D eigenvalue weighted by molar-refractivity contribution is 5.70. The van der Waals surface area contributed by atoms with Crippen molar-refractivity contribution in [3.8, 4) is 0 Å². The summed E-state index contributed by atoms with van der Waals surface area (Å²) in [7, 11) is 5.92. The fourth-order valence-corrected chi connectivity index (χ4v) is 7.93. The van der Waals surface area contributed by atoms with E-state index in [4.69, 9.17) is 18.9 Å². The molecule has 0 radical (unpaired) electrons. The van der Waals surface area contributed by atoms with E-state index < -0.39 is 24.3 Å². The van der Waals surface area contributed by atoms with Crippen LogP contribution in [0, 0.1) is 0 Å². The number of allylic oxidation sites excluding steroid dienone is 14. The van der Waals surface area contributed by atoms with E-state index in [1.54, 1.807) is 0 Å². The SMILES string of the molecule is CC/C=C\C/C=C\C/C=C\C/C=C\C/C=C\C/C=C\C/C=C\CCCCCCCCCCCCCC(=O)OC(COC(=O)CCCCCCCCCCCCCCCC)COC(OCC[N+](C)(C)C)C(=O)[O-]. The van der Waals surface area contributed by atoms with Crippen LogP contribution in [0.1, 0.15) is 239 Å². The molecule has 0 aromatic rings. The van der Waals surface area contributed by atoms with Gasteiger partial charge in [0.05, 0.1) is 40.3 Å². The molecule has 0 heterocycles. The molecule has 9 nitrogen and oxygen atoms in total. The molecule has 414 valence electrons. The van der Waals surface area contributed by atoms with E-state index in [1.165, 1.54) is 116 Å². The largest absolute Gasteiger partial charge is 0.545 e. The highest BCUT2D eigenvalue weighted by atomic mass is 16.7. The van der Waals surface area contributed by atoms with Crippen molar-refractivity contribution in [2.75, 3.05) is 47.5 Å². The number of likely N-dealkylation sites (N-methyl/N-ethyl adjacent to an activating group) is 1. The summed E-state index contributed by atoms with van der Waals surface area (Å²) in [5, 5.41) is 11.8. The van der Waals surface area contributed by atoms with Crippen LogP contribution in [0.4, 0.5) is 0 Å². The quantitative estimate of drug-likeness (QED) is 0.0195. The topological polar surface area (TPSA) is 111 Å². The van der Waals surface area contributed by atoms with Gasteiger partial charge in [-0.1, -0.05) is 240 Å². The average Bonchev–Trinajstić information content (AvgIpc) is 3.35. The number of carboxylic acids is 1. The van der Waals surface area contributed by atoms with Crippen LogP contribution in [-0.4, -0.2) is 82.3 Å². The average molecular weight is 1010 g/mol. The van der Waals surface area contributed by atoms with Gasteiger partial charge in [0.15, 0.2) is 12.4 Å². The summed E-state index contributed by atoms with van der Waals surface area (Å²) in [6, 6.07) is 0. The fraction of sp³-hybridized carbons (Fsp3) is 0.730. The summed E-state index contributed by atoms with van der Waals surface area (Å²) >= 11 is 0. The van der Waals surface area contributed by atoms with Crippen molar-refractivity contribution in [2.24, 2.45) is 0 Å². The second kappa shape index (κ2) is 53.8. The minimum Gasteiger partial charge on any atom is -0.545 e. The predicted octanol–water partition coefficient (Wildman–Crippen LogP) is 15.8. The Kier molecular flexibility index (Phi) is 51.1. The zero-order valence-electron chi connectivity index (χ0n) is 47.0. The van der Waals surface area contributed by atoms with Gasteiger partial charge in [-0.3, -0.25) is 9.59 Å². The Bertz CT molecular complexity index is 1450. The van der Waals surface area contributed by atoms with Crippen molar-refractivity contribution >= 4 is 17.9 Å². The van der Waals surface area contributed by atoms with Crippen molar-refractivity contribution in [1.82, 2.24) is 0 Å². The smallest absolute Gasteiger partial charge is 0.306 e. The van der Waals surface area contributed by atoms with Gasteiger partial charge in [-0.15, -0.1) is 0 Å². The molecule has 0 saturated carbocycles. The van der Waals surface area contributed by atoms with Crippen molar-refractivity contribution < 1.29 is 42.9 Å². The molecule has 0 bridgehead atoms. The normalized spacial score (nSPS) is 13.4. The number of nitrogens with zero attached hydrogens (tertiary/aromatic N) is 1. The van der Waals surface area contributed by atoms with Gasteiger partial charge in [0.25, 0.3) is 0 Å². The van der Waals surface area contributed by atoms with Crippen LogP contribution in [0.5, 0.6) is 0 Å². The molecule has 0 aliphatic carbocycles. The summed E-state index contributed by atoms with van der Waals surface area (Å²) in [6.45, 7) is 4.64. The number of unbranched alkanes of at least 4 members (excludes halogenated alkanes) is 24. The first-order chi connectivity index (χ1) is 35.1. The van der Waals surface area contributed by atoms with Gasteiger partial charge in [0.2, 0.25) is 0 Å². The van der Waals surface area contributed by atoms with Gasteiger partial charge < -0.3 is 33.3 Å². The summed E-state index contributed by atoms with van der Waals surface area (Å²) < 4.78 is 22.7. The monoisotopic (exact) mass is 1010 g/mol. The summed E-state index contributed by atoms with van der Waals surface area (Å²) in [6.07, 6.45) is 67.7. The molecule has 0 aromatic heterocycles. The molecule has 0 saturated heterocycles. The second-order valence-corrected chi connectivity index (χ2v) is 20.6. The van der Waals surface area contributed by atoms with E-state index >= 15 is 0 Å². The fourth-order valence-electron chi connectivity index (χ4n) is 7.93. The molecule has 72 heavy (non-hydrogen) atoms. The van der Waals surface area contributed by atoms with Crippen LogP contribution >= 0.6 is 0 Å². The van der Waals surface area contributed by atoms with Crippen LogP contribution < -0.4 is 5.11 Å². The van der Waals surface area contributed by atoms with Crippen molar-refractivity contribution in [3.05, 3.63) is 85.1 Å². The van der Waals surface area contributed by atoms with E-state index in [0.29, 0.717) is 23.9 Å². The number of carbonyl (C=O) groups is 3. The highest BCUT2D eigenvalue weighted by Gasteiger charge is 2.22. The molecule has 0 amide bonds. The highest BCUT2D eigenvalue weighted by Crippen LogP contribution is 2.16. The number of rotatable bonds is 53. The number of ether oxygens (including phenoxy) is 4. The first-order valence-electron chi connectivity index (χ1n) is 29.2. The van der Waals surface area contributed by atoms with Gasteiger partial charge in [-0.05, 0) is 70.6 Å². The van der Waals surface area contributed by atoms with E-state index in [9.17, 15) is 19.5 Å². The molecule has 0 spiro atoms. The maximum atomic E-state index is 12.9. The number of carboxylic acid groups (broad SMARTS) is 1. The van der Waals surface area contributed by atoms with Crippen LogP contribution in [0.3, 0.4) is 0 Å². The molecular weight excluding hydrogens is 899 g/mol. The Morgan fingerprint density at radius 1 is 0.431 bits per heavy atom. The van der Waals surface area contributed by atoms with E-state index in [2.05, 4.69) is 98.9 Å². The zero-order chi connectivity index (χ0) is 52.7. The van der Waals surface area contributed by atoms with Gasteiger partial charge in [0.1, 0.15) is 13.2 Å². The number of carbonyl (C=O) groups excluding carboxylic acids is 3. The van der Waals surface area contributed by atoms with Crippen molar-refractivity contribution in [2.45, 2.75) is 251 Å². The molecular formula is C63H109NO8. The van der Waals surface area contributed by atoms with Gasteiger partial charge >= 0.3 is 11.9 Å². The number of hydrogen-bond donors (Lipinski definition) is 0. The molecule has 0 fully saturated rings. The number of aliphatic carboxylic acids is 1. The van der Waals surface area contributed by atoms with Crippen LogP contribution in [0.25, 0.3) is 0 Å². The van der Waals surface area contributed by atoms with E-state index in [1.807, 2.05) is 21.1 Å². The van der Waals surface area contributed by atoms with Gasteiger partial charge in [-0.25, -0.2) is 0 Å². The lowest BCUT2D eigenvalue weighted by molar-refractivity contribution is -0.870. The third-order valence-electron chi connectivity index (χ3n) is 12.4. The van der Waals surface area contributed by atoms with Crippen molar-refractivity contribution in [3.63, 3.8) is 0 Å². The molecule has 2 unspecified atom stereocenters. The Hall–Kier alpha value is -3.53. The van der Waals surface area contributed by atoms with Gasteiger partial charge in [0, 0.05) is 12.8 Å². The molecule has 9 heteroatoms. The third kappa shape index (κ3) is 54.2. The third-order valence-corrected chi connectivity index (χ3v) is 12.4. The molecule has 0 aliphatic rings. The lowest BCUT2D eigenvalue weighted by Gasteiger charge is -2.26. The van der Waals surface area contributed by atoms with Crippen LogP contribution in [0.15, 0.2) is 85.1 Å². The predicted molar refractivity (Wildman–Crippen MR) is 301 cm³/mol. The van der Waals surface area contributed by atoms with Crippen molar-refractivity contribution in [1.29, 1.82) is 0 Å². The number of quaternary nitrogens is 1. The summed E-state index contributed by atoms with van der Waals surface area (Å²) in [5.41, 5.74) is 0. The molecule has 0 aliphatic heterocycles. The van der Waals surface area contributed by atoms with E-state index in [-0.39, 0.29) is 32.2 Å².